The number of anilines is 1. The Balaban J connectivity index is 0.938. The monoisotopic (exact) mass is 777 g/mol. The maximum absolute atomic E-state index is 13.4. The van der Waals surface area contributed by atoms with Gasteiger partial charge in [-0.2, -0.15) is 0 Å². The third-order valence-corrected chi connectivity index (χ3v) is 10.3. The maximum Gasteiger partial charge on any atom is 0.264 e. The van der Waals surface area contributed by atoms with Crippen LogP contribution < -0.4 is 31.0 Å². The normalized spacial score (nSPS) is 15.2. The van der Waals surface area contributed by atoms with Crippen LogP contribution in [0, 0.1) is 0 Å². The molecule has 300 valence electrons. The van der Waals surface area contributed by atoms with E-state index in [1.807, 2.05) is 37.2 Å². The molecule has 1 atom stereocenters. The molecule has 57 heavy (non-hydrogen) atoms. The lowest BCUT2D eigenvalue weighted by Gasteiger charge is -2.29. The summed E-state index contributed by atoms with van der Waals surface area (Å²) in [4.78, 5) is 72.0. The quantitative estimate of drug-likeness (QED) is 0.0925. The Morgan fingerprint density at radius 2 is 1.70 bits per heavy atom. The summed E-state index contributed by atoms with van der Waals surface area (Å²) in [6.07, 6.45) is 11.6. The van der Waals surface area contributed by atoms with Gasteiger partial charge in [0.15, 0.2) is 6.61 Å². The molecule has 2 aromatic carbocycles. The van der Waals surface area contributed by atoms with Crippen LogP contribution >= 0.6 is 0 Å². The van der Waals surface area contributed by atoms with E-state index < -0.39 is 17.9 Å². The minimum absolute atomic E-state index is 0.140. The molecule has 14 heteroatoms. The number of piperidine rings is 1. The van der Waals surface area contributed by atoms with Gasteiger partial charge in [0.25, 0.3) is 23.3 Å². The number of imide groups is 1. The lowest BCUT2D eigenvalue weighted by atomic mass is 9.99. The number of benzene rings is 2. The number of carbonyl (C=O) groups is 4. The van der Waals surface area contributed by atoms with Gasteiger partial charge in [0, 0.05) is 62.2 Å². The summed E-state index contributed by atoms with van der Waals surface area (Å²) >= 11 is 0. The summed E-state index contributed by atoms with van der Waals surface area (Å²) in [5.74, 6) is -0.350. The van der Waals surface area contributed by atoms with Crippen molar-refractivity contribution in [2.24, 2.45) is 7.05 Å². The van der Waals surface area contributed by atoms with Gasteiger partial charge in [-0.1, -0.05) is 38.3 Å². The zero-order chi connectivity index (χ0) is 40.6. The van der Waals surface area contributed by atoms with Crippen molar-refractivity contribution in [1.82, 2.24) is 30.0 Å². The molecule has 3 N–H and O–H groups in total. The van der Waals surface area contributed by atoms with Gasteiger partial charge in [-0.15, -0.1) is 0 Å². The van der Waals surface area contributed by atoms with Gasteiger partial charge in [0.05, 0.1) is 29.2 Å². The average Bonchev–Trinajstić information content (AvgIpc) is 3.45. The number of nitrogens with one attached hydrogen (secondary N) is 3. The van der Waals surface area contributed by atoms with Crippen LogP contribution in [0.5, 0.6) is 11.5 Å². The fourth-order valence-electron chi connectivity index (χ4n) is 7.44. The Labute approximate surface area is 332 Å². The van der Waals surface area contributed by atoms with Gasteiger partial charge in [-0.05, 0) is 81.1 Å². The van der Waals surface area contributed by atoms with E-state index in [2.05, 4.69) is 27.5 Å². The zero-order valence-electron chi connectivity index (χ0n) is 33.1. The fourth-order valence-corrected chi connectivity index (χ4v) is 7.44. The van der Waals surface area contributed by atoms with E-state index in [9.17, 15) is 24.0 Å². The second-order valence-electron chi connectivity index (χ2n) is 14.8. The van der Waals surface area contributed by atoms with Crippen LogP contribution in [0.2, 0.25) is 0 Å². The molecule has 1 fully saturated rings. The number of aromatic nitrogens is 2. The highest BCUT2D eigenvalue weighted by atomic mass is 16.5. The Morgan fingerprint density at radius 1 is 0.965 bits per heavy atom. The molecule has 4 heterocycles. The van der Waals surface area contributed by atoms with Crippen LogP contribution in [0.3, 0.4) is 0 Å². The maximum atomic E-state index is 13.4. The number of unbranched alkanes of at least 4 members (excludes halogenated alkanes) is 5. The van der Waals surface area contributed by atoms with Gasteiger partial charge in [-0.25, -0.2) is 0 Å². The SMILES string of the molecule is C=C1CCC(N2C(=O)c3cccc(NCCCCCCCCNC(=O)COc4cc(-c5cn(C)c(=O)c6cnccc56)cc(OC)c4CN(C)C)c3C2=O)C(=O)N1. The summed E-state index contributed by atoms with van der Waals surface area (Å²) < 4.78 is 13.5. The molecule has 0 spiro atoms. The molecule has 0 bridgehead atoms. The number of fused-ring (bicyclic) bond motifs is 2. The predicted molar refractivity (Wildman–Crippen MR) is 218 cm³/mol. The first-order chi connectivity index (χ1) is 27.5. The van der Waals surface area contributed by atoms with Crippen molar-refractivity contribution >= 4 is 40.1 Å². The number of hydrogen-bond donors (Lipinski definition) is 3. The van der Waals surface area contributed by atoms with Crippen molar-refractivity contribution < 1.29 is 28.7 Å². The largest absolute Gasteiger partial charge is 0.496 e. The summed E-state index contributed by atoms with van der Waals surface area (Å²) in [5, 5.41) is 10.2. The third-order valence-electron chi connectivity index (χ3n) is 10.3. The molecule has 4 aromatic rings. The molecule has 4 amide bonds. The average molecular weight is 778 g/mol. The lowest BCUT2D eigenvalue weighted by Crippen LogP contribution is -2.51. The van der Waals surface area contributed by atoms with Crippen molar-refractivity contribution in [2.75, 3.05) is 46.2 Å². The van der Waals surface area contributed by atoms with E-state index in [0.717, 1.165) is 65.5 Å². The number of amides is 4. The van der Waals surface area contributed by atoms with Crippen molar-refractivity contribution in [3.63, 3.8) is 0 Å². The van der Waals surface area contributed by atoms with Crippen LogP contribution in [0.4, 0.5) is 5.69 Å². The fraction of sp³-hybridized carbons (Fsp3) is 0.395. The highest BCUT2D eigenvalue weighted by molar-refractivity contribution is 6.25. The van der Waals surface area contributed by atoms with E-state index in [1.54, 1.807) is 50.9 Å². The second kappa shape index (κ2) is 18.3. The standard InChI is InChI=1S/C43H51N7O7/c1-27-15-16-35(40(52)47-27)50-42(54)30-13-12-14-34(39(30)43(50)55)45-18-10-8-6-7-9-11-19-46-38(51)26-57-37-22-28(21-36(56-5)33(37)24-48(2)3)32-25-49(4)41(53)31-23-44-20-17-29(31)32/h12-14,17,20-23,25,35,45H,1,6-11,15-16,18-19,24,26H2,2-5H3,(H,46,51)(H,47,52). The van der Waals surface area contributed by atoms with Gasteiger partial charge >= 0.3 is 0 Å². The molecule has 2 aliphatic rings. The van der Waals surface area contributed by atoms with Gasteiger partial charge < -0.3 is 34.9 Å². The summed E-state index contributed by atoms with van der Waals surface area (Å²) in [6, 6.07) is 9.96. The number of carbonyl (C=O) groups excluding carboxylic acids is 4. The number of methoxy groups -OCH3 is 1. The number of pyridine rings is 2. The Bertz CT molecular complexity index is 2250. The topological polar surface area (TPSA) is 164 Å². The van der Waals surface area contributed by atoms with Crippen molar-refractivity contribution in [3.05, 3.63) is 94.3 Å². The molecule has 2 aliphatic heterocycles. The first-order valence-electron chi connectivity index (χ1n) is 19.4. The van der Waals surface area contributed by atoms with Gasteiger partial charge in [0.2, 0.25) is 5.91 Å². The minimum atomic E-state index is -0.841. The van der Waals surface area contributed by atoms with E-state index in [4.69, 9.17) is 9.47 Å². The molecule has 14 nitrogen and oxygen atoms in total. The van der Waals surface area contributed by atoms with Gasteiger partial charge in [0.1, 0.15) is 17.5 Å². The zero-order valence-corrected chi connectivity index (χ0v) is 33.1. The summed E-state index contributed by atoms with van der Waals surface area (Å²) in [6.45, 7) is 5.33. The van der Waals surface area contributed by atoms with Crippen molar-refractivity contribution in [3.8, 4) is 22.6 Å². The van der Waals surface area contributed by atoms with Crippen molar-refractivity contribution in [2.45, 2.75) is 64.0 Å². The highest BCUT2D eigenvalue weighted by Gasteiger charge is 2.45. The number of aryl methyl sites for hydroxylation is 1. The molecule has 1 unspecified atom stereocenters. The number of rotatable bonds is 18. The smallest absolute Gasteiger partial charge is 0.264 e. The molecule has 0 radical (unpaired) electrons. The van der Waals surface area contributed by atoms with Gasteiger partial charge in [-0.3, -0.25) is 33.9 Å². The van der Waals surface area contributed by atoms with E-state index in [1.165, 1.54) is 4.57 Å². The molecule has 0 saturated carbocycles. The van der Waals surface area contributed by atoms with E-state index in [0.29, 0.717) is 71.9 Å². The Morgan fingerprint density at radius 3 is 2.44 bits per heavy atom. The summed E-state index contributed by atoms with van der Waals surface area (Å²) in [5.41, 5.74) is 4.10. The molecular formula is C43H51N7O7. The molecule has 2 aromatic heterocycles. The predicted octanol–water partition coefficient (Wildman–Crippen LogP) is 5.01. The highest BCUT2D eigenvalue weighted by Crippen LogP contribution is 2.38. The van der Waals surface area contributed by atoms with Crippen molar-refractivity contribution in [1.29, 1.82) is 0 Å². The van der Waals surface area contributed by atoms with Crippen LogP contribution in [-0.2, 0) is 23.2 Å². The minimum Gasteiger partial charge on any atom is -0.496 e. The number of hydrogen-bond acceptors (Lipinski definition) is 10. The van der Waals surface area contributed by atoms with E-state index >= 15 is 0 Å². The second-order valence-corrected chi connectivity index (χ2v) is 14.8. The lowest BCUT2D eigenvalue weighted by molar-refractivity contribution is -0.125. The third kappa shape index (κ3) is 9.18. The van der Waals surface area contributed by atoms with E-state index in [-0.39, 0.29) is 24.0 Å². The molecule has 0 aliphatic carbocycles. The molecular weight excluding hydrogens is 727 g/mol. The number of allylic oxidation sites excluding steroid dienone is 1. The Hall–Kier alpha value is -6.02. The number of nitrogens with zero attached hydrogens (tertiary/aromatic N) is 4. The van der Waals surface area contributed by atoms with Crippen LogP contribution in [-0.4, -0.2) is 89.9 Å². The Kier molecular flexibility index (Phi) is 13.0. The van der Waals surface area contributed by atoms with Crippen LogP contribution in [0.1, 0.15) is 77.6 Å². The first kappa shape index (κ1) is 40.6. The first-order valence-corrected chi connectivity index (χ1v) is 19.4. The van der Waals surface area contributed by atoms with Crippen LogP contribution in [0.15, 0.2) is 72.1 Å². The molecule has 6 rings (SSSR count). The van der Waals surface area contributed by atoms with Crippen LogP contribution in [0.25, 0.3) is 21.9 Å². The summed E-state index contributed by atoms with van der Waals surface area (Å²) in [7, 11) is 7.20. The number of ether oxygens (including phenoxy) is 2. The molecule has 1 saturated heterocycles.